The first-order valence-corrected chi connectivity index (χ1v) is 9.08. The van der Waals surface area contributed by atoms with Gasteiger partial charge >= 0.3 is 6.18 Å². The highest BCUT2D eigenvalue weighted by Gasteiger charge is 2.34. The second kappa shape index (κ2) is 7.26. The number of anilines is 2. The molecule has 8 heteroatoms. The third-order valence-corrected chi connectivity index (χ3v) is 5.65. The van der Waals surface area contributed by atoms with Crippen molar-refractivity contribution in [3.8, 4) is 0 Å². The first-order chi connectivity index (χ1) is 12.6. The van der Waals surface area contributed by atoms with Crippen molar-refractivity contribution in [2.45, 2.75) is 36.6 Å². The van der Waals surface area contributed by atoms with Crippen molar-refractivity contribution in [3.05, 3.63) is 53.1 Å². The van der Waals surface area contributed by atoms with Crippen molar-refractivity contribution in [3.63, 3.8) is 0 Å². The number of carbonyl (C=O) groups is 2. The topological polar surface area (TPSA) is 58.2 Å². The molecule has 0 fully saturated rings. The summed E-state index contributed by atoms with van der Waals surface area (Å²) in [6, 6.07) is 8.74. The molecule has 1 aliphatic heterocycles. The number of aryl methyl sites for hydroxylation is 1. The molecule has 2 N–H and O–H groups in total. The number of thioether (sulfide) groups is 1. The molecule has 0 unspecified atom stereocenters. The van der Waals surface area contributed by atoms with Crippen LogP contribution in [0.2, 0.25) is 0 Å². The van der Waals surface area contributed by atoms with Gasteiger partial charge in [-0.1, -0.05) is 12.1 Å². The van der Waals surface area contributed by atoms with Crippen molar-refractivity contribution < 1.29 is 22.8 Å². The molecular formula is C19H17F3N2O2S. The average molecular weight is 394 g/mol. The summed E-state index contributed by atoms with van der Waals surface area (Å²) >= 11 is 1.09. The molecular weight excluding hydrogens is 377 g/mol. The van der Waals surface area contributed by atoms with Gasteiger partial charge in [0.05, 0.1) is 16.5 Å². The van der Waals surface area contributed by atoms with Crippen molar-refractivity contribution in [2.24, 2.45) is 0 Å². The number of benzene rings is 2. The molecule has 0 spiro atoms. The summed E-state index contributed by atoms with van der Waals surface area (Å²) in [5, 5.41) is 4.55. The summed E-state index contributed by atoms with van der Waals surface area (Å²) in [5.74, 6) is -0.811. The fourth-order valence-electron chi connectivity index (χ4n) is 2.72. The van der Waals surface area contributed by atoms with Crippen molar-refractivity contribution in [1.29, 1.82) is 0 Å². The smallest absolute Gasteiger partial charge is 0.326 e. The van der Waals surface area contributed by atoms with E-state index in [9.17, 15) is 22.8 Å². The average Bonchev–Trinajstić information content (AvgIpc) is 2.58. The minimum Gasteiger partial charge on any atom is -0.326 e. The van der Waals surface area contributed by atoms with E-state index in [1.54, 1.807) is 6.07 Å². The Bertz CT molecular complexity index is 912. The summed E-state index contributed by atoms with van der Waals surface area (Å²) in [4.78, 5) is 25.1. The van der Waals surface area contributed by atoms with Gasteiger partial charge in [-0.2, -0.15) is 13.2 Å². The minimum absolute atomic E-state index is 0.0790. The van der Waals surface area contributed by atoms with Crippen LogP contribution in [0.25, 0.3) is 0 Å². The van der Waals surface area contributed by atoms with E-state index in [4.69, 9.17) is 0 Å². The van der Waals surface area contributed by atoms with Crippen LogP contribution >= 0.6 is 11.8 Å². The van der Waals surface area contributed by atoms with Crippen molar-refractivity contribution >= 4 is 35.0 Å². The first kappa shape index (κ1) is 19.3. The molecule has 1 atom stereocenters. The highest BCUT2D eigenvalue weighted by molar-refractivity contribution is 8.01. The number of nitrogens with one attached hydrogen (secondary N) is 2. The van der Waals surface area contributed by atoms with Crippen molar-refractivity contribution in [2.75, 3.05) is 10.6 Å². The fraction of sp³-hybridized carbons (Fsp3) is 0.263. The molecule has 3 rings (SSSR count). The Kier molecular flexibility index (Phi) is 5.19. The molecule has 0 aliphatic carbocycles. The fourth-order valence-corrected chi connectivity index (χ4v) is 3.81. The van der Waals surface area contributed by atoms with E-state index in [2.05, 4.69) is 10.6 Å². The van der Waals surface area contributed by atoms with E-state index >= 15 is 0 Å². The summed E-state index contributed by atoms with van der Waals surface area (Å²) in [7, 11) is 0. The zero-order valence-electron chi connectivity index (χ0n) is 14.6. The monoisotopic (exact) mass is 394 g/mol. The van der Waals surface area contributed by atoms with E-state index < -0.39 is 22.9 Å². The van der Waals surface area contributed by atoms with E-state index in [1.165, 1.54) is 6.07 Å². The Labute approximate surface area is 158 Å². The summed E-state index contributed by atoms with van der Waals surface area (Å²) in [6.45, 7) is 3.82. The van der Waals surface area contributed by atoms with Crippen LogP contribution in [0.5, 0.6) is 0 Å². The molecule has 0 radical (unpaired) electrons. The predicted octanol–water partition coefficient (Wildman–Crippen LogP) is 4.76. The quantitative estimate of drug-likeness (QED) is 0.789. The van der Waals surface area contributed by atoms with Crippen LogP contribution in [-0.2, 0) is 15.8 Å². The van der Waals surface area contributed by atoms with E-state index in [0.717, 1.165) is 35.0 Å². The number of hydrogen-bond acceptors (Lipinski definition) is 3. The number of rotatable bonds is 3. The molecule has 0 bridgehead atoms. The van der Waals surface area contributed by atoms with Crippen LogP contribution in [0.3, 0.4) is 0 Å². The van der Waals surface area contributed by atoms with Crippen LogP contribution in [0.15, 0.2) is 41.3 Å². The predicted molar refractivity (Wildman–Crippen MR) is 98.9 cm³/mol. The van der Waals surface area contributed by atoms with E-state index in [1.807, 2.05) is 26.0 Å². The molecule has 0 saturated heterocycles. The van der Waals surface area contributed by atoms with Gasteiger partial charge in [-0.05, 0) is 49.2 Å². The molecule has 2 aromatic carbocycles. The Morgan fingerprint density at radius 3 is 2.67 bits per heavy atom. The maximum atomic E-state index is 12.8. The standard InChI is InChI=1S/C19H17F3N2O2S/c1-10-4-3-5-13(11(10)2)23-17(25)9-16-18(26)24-14-8-12(19(20,21)22)6-7-15(14)27-16/h3-8,16H,9H2,1-2H3,(H,23,25)(H,24,26)/t16-/m1/s1. The van der Waals surface area contributed by atoms with Crippen LogP contribution in [0.1, 0.15) is 23.1 Å². The van der Waals surface area contributed by atoms with E-state index in [0.29, 0.717) is 10.6 Å². The van der Waals surface area contributed by atoms with Crippen LogP contribution < -0.4 is 10.6 Å². The Morgan fingerprint density at radius 1 is 1.22 bits per heavy atom. The van der Waals surface area contributed by atoms with Gasteiger partial charge in [0.1, 0.15) is 0 Å². The Balaban J connectivity index is 1.71. The minimum atomic E-state index is -4.48. The second-order valence-electron chi connectivity index (χ2n) is 6.30. The lowest BCUT2D eigenvalue weighted by molar-refractivity contribution is -0.137. The number of halogens is 3. The molecule has 2 amide bonds. The Hall–Kier alpha value is -2.48. The lowest BCUT2D eigenvalue weighted by Crippen LogP contribution is -2.32. The molecule has 1 heterocycles. The van der Waals surface area contributed by atoms with Crippen LogP contribution in [-0.4, -0.2) is 17.1 Å². The maximum absolute atomic E-state index is 12.8. The number of alkyl halides is 3. The van der Waals surface area contributed by atoms with Crippen LogP contribution in [0.4, 0.5) is 24.5 Å². The Morgan fingerprint density at radius 2 is 1.96 bits per heavy atom. The number of carbonyl (C=O) groups excluding carboxylic acids is 2. The van der Waals surface area contributed by atoms with Gasteiger partial charge in [-0.15, -0.1) is 11.8 Å². The van der Waals surface area contributed by atoms with Gasteiger partial charge in [-0.3, -0.25) is 9.59 Å². The van der Waals surface area contributed by atoms with Gasteiger partial charge in [-0.25, -0.2) is 0 Å². The second-order valence-corrected chi connectivity index (χ2v) is 7.55. The molecule has 2 aromatic rings. The summed E-state index contributed by atoms with van der Waals surface area (Å²) < 4.78 is 38.4. The lowest BCUT2D eigenvalue weighted by Gasteiger charge is -2.24. The number of fused-ring (bicyclic) bond motifs is 1. The van der Waals surface area contributed by atoms with Gasteiger partial charge in [0, 0.05) is 17.0 Å². The molecule has 4 nitrogen and oxygen atoms in total. The third kappa shape index (κ3) is 4.27. The zero-order chi connectivity index (χ0) is 19.8. The zero-order valence-corrected chi connectivity index (χ0v) is 15.4. The first-order valence-electron chi connectivity index (χ1n) is 8.20. The summed E-state index contributed by atoms with van der Waals surface area (Å²) in [5.41, 5.74) is 1.94. The lowest BCUT2D eigenvalue weighted by atomic mass is 10.1. The molecule has 27 heavy (non-hydrogen) atoms. The molecule has 1 aliphatic rings. The van der Waals surface area contributed by atoms with Gasteiger partial charge < -0.3 is 10.6 Å². The van der Waals surface area contributed by atoms with Crippen LogP contribution in [0, 0.1) is 13.8 Å². The maximum Gasteiger partial charge on any atom is 0.416 e. The largest absolute Gasteiger partial charge is 0.416 e. The number of hydrogen-bond donors (Lipinski definition) is 2. The molecule has 142 valence electrons. The van der Waals surface area contributed by atoms with Crippen molar-refractivity contribution in [1.82, 2.24) is 0 Å². The highest BCUT2D eigenvalue weighted by atomic mass is 32.2. The summed E-state index contributed by atoms with van der Waals surface area (Å²) in [6.07, 6.45) is -4.56. The van der Waals surface area contributed by atoms with Gasteiger partial charge in [0.15, 0.2) is 0 Å². The van der Waals surface area contributed by atoms with E-state index in [-0.39, 0.29) is 18.0 Å². The van der Waals surface area contributed by atoms with Gasteiger partial charge in [0.25, 0.3) is 0 Å². The normalized spacial score (nSPS) is 16.5. The van der Waals surface area contributed by atoms with Gasteiger partial charge in [0.2, 0.25) is 11.8 Å². The number of amides is 2. The highest BCUT2D eigenvalue weighted by Crippen LogP contribution is 2.40. The SMILES string of the molecule is Cc1cccc(NC(=O)C[C@H]2Sc3ccc(C(F)(F)F)cc3NC2=O)c1C. The third-order valence-electron chi connectivity index (χ3n) is 4.38. The molecule has 0 saturated carbocycles. The molecule has 0 aromatic heterocycles.